The minimum atomic E-state index is -1.10. The number of benzene rings is 2. The molecule has 0 aromatic heterocycles. The number of imide groups is 1. The van der Waals surface area contributed by atoms with Gasteiger partial charge in [-0.3, -0.25) is 19.3 Å². The summed E-state index contributed by atoms with van der Waals surface area (Å²) in [5.41, 5.74) is 0.890. The van der Waals surface area contributed by atoms with Crippen LogP contribution in [0.25, 0.3) is 0 Å². The molecule has 7 heteroatoms. The first-order valence-electron chi connectivity index (χ1n) is 9.64. The van der Waals surface area contributed by atoms with Gasteiger partial charge in [0.1, 0.15) is 11.8 Å². The van der Waals surface area contributed by atoms with Crippen molar-refractivity contribution in [2.45, 2.75) is 26.3 Å². The van der Waals surface area contributed by atoms with Crippen LogP contribution in [0.2, 0.25) is 0 Å². The fourth-order valence-electron chi connectivity index (χ4n) is 3.34. The molecule has 3 rings (SSSR count). The number of methoxy groups -OCH3 is 1. The Hall–Kier alpha value is -3.48. The average molecular weight is 409 g/mol. The maximum absolute atomic E-state index is 12.8. The molecule has 0 aliphatic carbocycles. The number of nitrogens with zero attached hydrogens (tertiary/aromatic N) is 1. The molecule has 0 N–H and O–H groups in total. The maximum Gasteiger partial charge on any atom is 0.329 e. The Labute approximate surface area is 174 Å². The van der Waals surface area contributed by atoms with Crippen molar-refractivity contribution in [2.24, 2.45) is 5.92 Å². The first kappa shape index (κ1) is 21.2. The summed E-state index contributed by atoms with van der Waals surface area (Å²) in [5, 5.41) is 0. The highest BCUT2D eigenvalue weighted by Gasteiger charge is 2.43. The van der Waals surface area contributed by atoms with Crippen LogP contribution in [-0.2, 0) is 9.53 Å². The van der Waals surface area contributed by atoms with Crippen LogP contribution in [0.1, 0.15) is 51.3 Å². The van der Waals surface area contributed by atoms with Gasteiger partial charge in [-0.2, -0.15) is 0 Å². The summed E-state index contributed by atoms with van der Waals surface area (Å²) in [6, 6.07) is 11.8. The van der Waals surface area contributed by atoms with Crippen LogP contribution in [0, 0.1) is 5.92 Å². The summed E-state index contributed by atoms with van der Waals surface area (Å²) in [7, 11) is 1.52. The molecule has 0 fully saturated rings. The number of hydrogen-bond acceptors (Lipinski definition) is 6. The van der Waals surface area contributed by atoms with E-state index in [0.717, 1.165) is 4.90 Å². The quantitative estimate of drug-likeness (QED) is 0.378. The third-order valence-corrected chi connectivity index (χ3v) is 4.86. The third kappa shape index (κ3) is 4.25. The lowest BCUT2D eigenvalue weighted by atomic mass is 10.0. The summed E-state index contributed by atoms with van der Waals surface area (Å²) >= 11 is 0. The number of esters is 1. The Morgan fingerprint density at radius 1 is 0.933 bits per heavy atom. The number of Topliss-reactive ketones (excluding diaryl/α,β-unsaturated/α-hetero) is 1. The number of hydrogen-bond donors (Lipinski definition) is 0. The smallest absolute Gasteiger partial charge is 0.329 e. The fourth-order valence-corrected chi connectivity index (χ4v) is 3.34. The van der Waals surface area contributed by atoms with Crippen molar-refractivity contribution in [1.82, 2.24) is 4.90 Å². The Morgan fingerprint density at radius 2 is 1.50 bits per heavy atom. The molecule has 2 amide bonds. The summed E-state index contributed by atoms with van der Waals surface area (Å²) < 4.78 is 10.3. The van der Waals surface area contributed by atoms with Gasteiger partial charge in [0.05, 0.1) is 18.2 Å². The van der Waals surface area contributed by atoms with Crippen LogP contribution >= 0.6 is 0 Å². The number of ketones is 1. The van der Waals surface area contributed by atoms with Crippen LogP contribution in [-0.4, -0.2) is 48.2 Å². The van der Waals surface area contributed by atoms with E-state index < -0.39 is 36.2 Å². The molecule has 0 unspecified atom stereocenters. The normalized spacial score (nSPS) is 13.9. The molecule has 0 bridgehead atoms. The van der Waals surface area contributed by atoms with Gasteiger partial charge in [-0.1, -0.05) is 26.0 Å². The predicted octanol–water partition coefficient (Wildman–Crippen LogP) is 3.13. The van der Waals surface area contributed by atoms with Crippen molar-refractivity contribution in [1.29, 1.82) is 0 Å². The van der Waals surface area contributed by atoms with Crippen molar-refractivity contribution in [3.63, 3.8) is 0 Å². The van der Waals surface area contributed by atoms with E-state index in [4.69, 9.17) is 9.47 Å². The maximum atomic E-state index is 12.8. The summed E-state index contributed by atoms with van der Waals surface area (Å²) in [6.07, 6.45) is 0.237. The van der Waals surface area contributed by atoms with Crippen molar-refractivity contribution in [3.8, 4) is 5.75 Å². The molecule has 1 heterocycles. The van der Waals surface area contributed by atoms with Crippen LogP contribution in [0.4, 0.5) is 0 Å². The molecule has 0 saturated carbocycles. The Kier molecular flexibility index (Phi) is 6.30. The minimum Gasteiger partial charge on any atom is -0.497 e. The standard InChI is InChI=1S/C23H23NO6/c1-14(2)12-19(24-21(26)17-6-4-5-7-18(17)22(24)27)23(28)30-13-20(25)15-8-10-16(29-3)11-9-15/h4-11,14,19H,12-13H2,1-3H3/t19-/m0/s1. The molecule has 1 atom stereocenters. The molecule has 0 radical (unpaired) electrons. The fraction of sp³-hybridized carbons (Fsp3) is 0.304. The highest BCUT2D eigenvalue weighted by Crippen LogP contribution is 2.27. The monoisotopic (exact) mass is 409 g/mol. The van der Waals surface area contributed by atoms with E-state index in [0.29, 0.717) is 11.3 Å². The zero-order valence-corrected chi connectivity index (χ0v) is 17.1. The number of fused-ring (bicyclic) bond motifs is 1. The summed E-state index contributed by atoms with van der Waals surface area (Å²) in [6.45, 7) is 3.27. The number of amides is 2. The third-order valence-electron chi connectivity index (χ3n) is 4.86. The van der Waals surface area contributed by atoms with E-state index >= 15 is 0 Å². The van der Waals surface area contributed by atoms with Crippen LogP contribution in [0.3, 0.4) is 0 Å². The van der Waals surface area contributed by atoms with Crippen LogP contribution < -0.4 is 4.74 Å². The lowest BCUT2D eigenvalue weighted by Gasteiger charge is -2.25. The average Bonchev–Trinajstić information content (AvgIpc) is 3.00. The van der Waals surface area contributed by atoms with Gasteiger partial charge in [0.25, 0.3) is 11.8 Å². The molecule has 7 nitrogen and oxygen atoms in total. The largest absolute Gasteiger partial charge is 0.497 e. The number of ether oxygens (including phenoxy) is 2. The van der Waals surface area contributed by atoms with Gasteiger partial charge in [-0.15, -0.1) is 0 Å². The second kappa shape index (κ2) is 8.90. The van der Waals surface area contributed by atoms with Gasteiger partial charge >= 0.3 is 5.97 Å². The first-order chi connectivity index (χ1) is 14.3. The van der Waals surface area contributed by atoms with E-state index in [-0.39, 0.29) is 23.5 Å². The van der Waals surface area contributed by atoms with Gasteiger partial charge in [-0.05, 0) is 48.7 Å². The van der Waals surface area contributed by atoms with E-state index in [1.807, 2.05) is 13.8 Å². The minimum absolute atomic E-state index is 0.0177. The van der Waals surface area contributed by atoms with Crippen molar-refractivity contribution >= 4 is 23.6 Å². The van der Waals surface area contributed by atoms with E-state index in [2.05, 4.69) is 0 Å². The molecule has 1 aliphatic rings. The Balaban J connectivity index is 1.74. The van der Waals surface area contributed by atoms with Gasteiger partial charge in [-0.25, -0.2) is 4.79 Å². The lowest BCUT2D eigenvalue weighted by Crippen LogP contribution is -2.46. The molecule has 0 spiro atoms. The van der Waals surface area contributed by atoms with Crippen LogP contribution in [0.5, 0.6) is 5.75 Å². The van der Waals surface area contributed by atoms with Crippen molar-refractivity contribution in [2.75, 3.05) is 13.7 Å². The lowest BCUT2D eigenvalue weighted by molar-refractivity contribution is -0.147. The Morgan fingerprint density at radius 3 is 2.00 bits per heavy atom. The Bertz CT molecular complexity index is 944. The second-order valence-electron chi connectivity index (χ2n) is 7.43. The second-order valence-corrected chi connectivity index (χ2v) is 7.43. The van der Waals surface area contributed by atoms with E-state index in [1.165, 1.54) is 7.11 Å². The number of carbonyl (C=O) groups is 4. The van der Waals surface area contributed by atoms with Gasteiger partial charge in [0.15, 0.2) is 12.4 Å². The predicted molar refractivity (Wildman–Crippen MR) is 108 cm³/mol. The summed E-state index contributed by atoms with van der Waals surface area (Å²) in [5.74, 6) is -1.61. The van der Waals surface area contributed by atoms with E-state index in [1.54, 1.807) is 48.5 Å². The highest BCUT2D eigenvalue weighted by atomic mass is 16.5. The molecule has 0 saturated heterocycles. The molecule has 2 aromatic rings. The highest BCUT2D eigenvalue weighted by molar-refractivity contribution is 6.22. The van der Waals surface area contributed by atoms with E-state index in [9.17, 15) is 19.2 Å². The molecule has 2 aromatic carbocycles. The number of carbonyl (C=O) groups excluding carboxylic acids is 4. The topological polar surface area (TPSA) is 90.0 Å². The molecular weight excluding hydrogens is 386 g/mol. The molecule has 1 aliphatic heterocycles. The van der Waals surface area contributed by atoms with Crippen molar-refractivity contribution < 1.29 is 28.7 Å². The van der Waals surface area contributed by atoms with Crippen LogP contribution in [0.15, 0.2) is 48.5 Å². The zero-order chi connectivity index (χ0) is 21.8. The summed E-state index contributed by atoms with van der Waals surface area (Å²) in [4.78, 5) is 51.7. The molecule has 30 heavy (non-hydrogen) atoms. The molecule has 156 valence electrons. The van der Waals surface area contributed by atoms with Crippen molar-refractivity contribution in [3.05, 3.63) is 65.2 Å². The molecular formula is C23H23NO6. The van der Waals surface area contributed by atoms with Gasteiger partial charge < -0.3 is 9.47 Å². The van der Waals surface area contributed by atoms with Gasteiger partial charge in [0, 0.05) is 5.56 Å². The SMILES string of the molecule is COc1ccc(C(=O)COC(=O)[C@H](CC(C)C)N2C(=O)c3ccccc3C2=O)cc1. The first-order valence-corrected chi connectivity index (χ1v) is 9.64. The zero-order valence-electron chi connectivity index (χ0n) is 17.1. The number of rotatable bonds is 8. The van der Waals surface area contributed by atoms with Gasteiger partial charge in [0.2, 0.25) is 0 Å².